The Labute approximate surface area is 185 Å². The van der Waals surface area contributed by atoms with Crippen molar-refractivity contribution < 1.29 is 18.7 Å². The van der Waals surface area contributed by atoms with E-state index in [4.69, 9.17) is 4.74 Å². The number of thiazole rings is 1. The van der Waals surface area contributed by atoms with E-state index in [9.17, 15) is 14.0 Å². The standard InChI is InChI=1S/C21H17BrFN3O3S/c1-13(27)26(18-6-4-3-5-16(18)23)21-24-15(12-30-21)8-10-20(28)25-17-11-14(22)7-9-19(17)29-2/h3-12H,1-2H3,(H,25,28)/b10-8+. The lowest BCUT2D eigenvalue weighted by atomic mass is 10.3. The van der Waals surface area contributed by atoms with Crippen molar-refractivity contribution in [2.24, 2.45) is 0 Å². The summed E-state index contributed by atoms with van der Waals surface area (Å²) in [6.07, 6.45) is 2.83. The van der Waals surface area contributed by atoms with E-state index in [1.165, 1.54) is 54.6 Å². The maximum Gasteiger partial charge on any atom is 0.248 e. The van der Waals surface area contributed by atoms with Crippen molar-refractivity contribution in [3.05, 3.63) is 69.9 Å². The number of halogens is 2. The van der Waals surface area contributed by atoms with Crippen LogP contribution in [0.25, 0.3) is 6.08 Å². The second kappa shape index (κ2) is 9.64. The number of hydrogen-bond acceptors (Lipinski definition) is 5. The van der Waals surface area contributed by atoms with Crippen molar-refractivity contribution in [1.29, 1.82) is 0 Å². The molecule has 9 heteroatoms. The molecule has 3 aromatic rings. The van der Waals surface area contributed by atoms with Crippen LogP contribution >= 0.6 is 27.3 Å². The topological polar surface area (TPSA) is 71.5 Å². The van der Waals surface area contributed by atoms with Crippen LogP contribution in [0.4, 0.5) is 20.9 Å². The average Bonchev–Trinajstić information content (AvgIpc) is 3.16. The Morgan fingerprint density at radius 3 is 2.73 bits per heavy atom. The molecule has 1 heterocycles. The SMILES string of the molecule is COc1ccc(Br)cc1NC(=O)/C=C/c1csc(N(C(C)=O)c2ccccc2F)n1. The molecule has 3 rings (SSSR count). The molecule has 0 fully saturated rings. The van der Waals surface area contributed by atoms with Gasteiger partial charge in [0.2, 0.25) is 11.8 Å². The lowest BCUT2D eigenvalue weighted by Gasteiger charge is -2.18. The Kier molecular flexibility index (Phi) is 6.96. The number of amides is 2. The van der Waals surface area contributed by atoms with Crippen LogP contribution < -0.4 is 15.0 Å². The largest absolute Gasteiger partial charge is 0.495 e. The van der Waals surface area contributed by atoms with Gasteiger partial charge in [-0.2, -0.15) is 0 Å². The normalized spacial score (nSPS) is 10.8. The van der Waals surface area contributed by atoms with E-state index in [2.05, 4.69) is 26.2 Å². The highest BCUT2D eigenvalue weighted by Crippen LogP contribution is 2.31. The monoisotopic (exact) mass is 489 g/mol. The number of carbonyl (C=O) groups excluding carboxylic acids is 2. The number of anilines is 3. The number of aromatic nitrogens is 1. The van der Waals surface area contributed by atoms with Crippen molar-refractivity contribution in [3.8, 4) is 5.75 Å². The zero-order chi connectivity index (χ0) is 21.7. The van der Waals surface area contributed by atoms with Gasteiger partial charge in [0, 0.05) is 22.9 Å². The van der Waals surface area contributed by atoms with Crippen LogP contribution in [0.5, 0.6) is 5.75 Å². The van der Waals surface area contributed by atoms with Crippen LogP contribution in [-0.4, -0.2) is 23.9 Å². The summed E-state index contributed by atoms with van der Waals surface area (Å²) in [7, 11) is 1.52. The second-order valence-electron chi connectivity index (χ2n) is 6.03. The van der Waals surface area contributed by atoms with Gasteiger partial charge in [-0.15, -0.1) is 11.3 Å². The number of rotatable bonds is 6. The van der Waals surface area contributed by atoms with Gasteiger partial charge in [-0.3, -0.25) is 14.5 Å². The van der Waals surface area contributed by atoms with E-state index in [1.54, 1.807) is 35.7 Å². The minimum atomic E-state index is -0.526. The minimum absolute atomic E-state index is 0.120. The van der Waals surface area contributed by atoms with Crippen LogP contribution in [0.1, 0.15) is 12.6 Å². The molecular weight excluding hydrogens is 473 g/mol. The molecule has 154 valence electrons. The summed E-state index contributed by atoms with van der Waals surface area (Å²) >= 11 is 4.52. The Bertz CT molecular complexity index is 1120. The summed E-state index contributed by atoms with van der Waals surface area (Å²) in [5.41, 5.74) is 1.10. The van der Waals surface area contributed by atoms with Crippen LogP contribution in [0.15, 0.2) is 58.4 Å². The second-order valence-corrected chi connectivity index (χ2v) is 7.78. The number of ether oxygens (including phenoxy) is 1. The molecule has 0 unspecified atom stereocenters. The molecule has 0 aliphatic rings. The highest BCUT2D eigenvalue weighted by Gasteiger charge is 2.20. The van der Waals surface area contributed by atoms with E-state index in [1.807, 2.05) is 0 Å². The molecule has 30 heavy (non-hydrogen) atoms. The van der Waals surface area contributed by atoms with Gasteiger partial charge in [-0.25, -0.2) is 9.37 Å². The molecule has 2 aromatic carbocycles. The molecule has 0 aliphatic heterocycles. The predicted molar refractivity (Wildman–Crippen MR) is 120 cm³/mol. The van der Waals surface area contributed by atoms with Gasteiger partial charge in [0.05, 0.1) is 24.2 Å². The maximum absolute atomic E-state index is 14.1. The summed E-state index contributed by atoms with van der Waals surface area (Å²) < 4.78 is 20.2. The number of benzene rings is 2. The van der Waals surface area contributed by atoms with E-state index in [0.29, 0.717) is 22.3 Å². The molecule has 2 amide bonds. The molecule has 6 nitrogen and oxygen atoms in total. The van der Waals surface area contributed by atoms with E-state index in [0.717, 1.165) is 4.47 Å². The fourth-order valence-corrected chi connectivity index (χ4v) is 3.82. The third-order valence-corrected chi connectivity index (χ3v) is 5.27. The first-order chi connectivity index (χ1) is 14.4. The Morgan fingerprint density at radius 2 is 2.03 bits per heavy atom. The Balaban J connectivity index is 1.77. The molecular formula is C21H17BrFN3O3S. The zero-order valence-corrected chi connectivity index (χ0v) is 18.5. The van der Waals surface area contributed by atoms with Gasteiger partial charge in [-0.1, -0.05) is 28.1 Å². The summed E-state index contributed by atoms with van der Waals surface area (Å²) in [4.78, 5) is 29.9. The van der Waals surface area contributed by atoms with Crippen LogP contribution in [0.2, 0.25) is 0 Å². The lowest BCUT2D eigenvalue weighted by molar-refractivity contribution is -0.116. The van der Waals surface area contributed by atoms with E-state index >= 15 is 0 Å². The summed E-state index contributed by atoms with van der Waals surface area (Å²) in [6.45, 7) is 1.34. The molecule has 0 bridgehead atoms. The highest BCUT2D eigenvalue weighted by molar-refractivity contribution is 9.10. The van der Waals surface area contributed by atoms with Crippen LogP contribution in [0, 0.1) is 5.82 Å². The van der Waals surface area contributed by atoms with E-state index in [-0.39, 0.29) is 17.5 Å². The smallest absolute Gasteiger partial charge is 0.248 e. The van der Waals surface area contributed by atoms with Gasteiger partial charge in [0.25, 0.3) is 0 Å². The van der Waals surface area contributed by atoms with Gasteiger partial charge in [0.15, 0.2) is 5.13 Å². The Morgan fingerprint density at radius 1 is 1.27 bits per heavy atom. The summed E-state index contributed by atoms with van der Waals surface area (Å²) in [5.74, 6) is -0.747. The van der Waals surface area contributed by atoms with Gasteiger partial charge < -0.3 is 10.1 Å². The Hall–Kier alpha value is -3.04. The molecule has 0 aliphatic carbocycles. The first kappa shape index (κ1) is 21.7. The molecule has 0 atom stereocenters. The summed E-state index contributed by atoms with van der Waals surface area (Å²) in [5, 5.41) is 4.72. The molecule has 0 saturated heterocycles. The van der Waals surface area contributed by atoms with Crippen molar-refractivity contribution in [3.63, 3.8) is 0 Å². The van der Waals surface area contributed by atoms with Crippen LogP contribution in [0.3, 0.4) is 0 Å². The first-order valence-electron chi connectivity index (χ1n) is 8.72. The highest BCUT2D eigenvalue weighted by atomic mass is 79.9. The van der Waals surface area contributed by atoms with Gasteiger partial charge in [-0.05, 0) is 36.4 Å². The fraction of sp³-hybridized carbons (Fsp3) is 0.0952. The maximum atomic E-state index is 14.1. The minimum Gasteiger partial charge on any atom is -0.495 e. The molecule has 1 aromatic heterocycles. The van der Waals surface area contributed by atoms with Gasteiger partial charge >= 0.3 is 0 Å². The molecule has 0 radical (unpaired) electrons. The predicted octanol–water partition coefficient (Wildman–Crippen LogP) is 5.39. The van der Waals surface area contributed by atoms with Crippen molar-refractivity contribution in [2.45, 2.75) is 6.92 Å². The fourth-order valence-electron chi connectivity index (χ4n) is 2.61. The number of carbonyl (C=O) groups is 2. The number of para-hydroxylation sites is 1. The van der Waals surface area contributed by atoms with Crippen molar-refractivity contribution >= 4 is 61.7 Å². The third-order valence-electron chi connectivity index (χ3n) is 3.93. The molecule has 0 spiro atoms. The van der Waals surface area contributed by atoms with Crippen LogP contribution in [-0.2, 0) is 9.59 Å². The first-order valence-corrected chi connectivity index (χ1v) is 10.4. The van der Waals surface area contributed by atoms with Gasteiger partial charge in [0.1, 0.15) is 11.6 Å². The third kappa shape index (κ3) is 5.11. The summed E-state index contributed by atoms with van der Waals surface area (Å²) in [6, 6.07) is 11.2. The van der Waals surface area contributed by atoms with E-state index < -0.39 is 5.82 Å². The van der Waals surface area contributed by atoms with Crippen molar-refractivity contribution in [2.75, 3.05) is 17.3 Å². The number of nitrogens with one attached hydrogen (secondary N) is 1. The number of hydrogen-bond donors (Lipinski definition) is 1. The molecule has 1 N–H and O–H groups in total. The number of nitrogens with zero attached hydrogens (tertiary/aromatic N) is 2. The van der Waals surface area contributed by atoms with Crippen molar-refractivity contribution in [1.82, 2.24) is 4.98 Å². The molecule has 0 saturated carbocycles. The lowest BCUT2D eigenvalue weighted by Crippen LogP contribution is -2.23. The zero-order valence-electron chi connectivity index (χ0n) is 16.1. The number of methoxy groups -OCH3 is 1. The quantitative estimate of drug-likeness (QED) is 0.471. The average molecular weight is 490 g/mol.